The van der Waals surface area contributed by atoms with Gasteiger partial charge in [0.1, 0.15) is 5.82 Å². The van der Waals surface area contributed by atoms with Crippen LogP contribution < -0.4 is 11.3 Å². The molecule has 0 fully saturated rings. The van der Waals surface area contributed by atoms with Gasteiger partial charge in [0.25, 0.3) is 0 Å². The van der Waals surface area contributed by atoms with Gasteiger partial charge >= 0.3 is 0 Å². The predicted molar refractivity (Wildman–Crippen MR) is 58.6 cm³/mol. The minimum absolute atomic E-state index is 0.625. The fourth-order valence-corrected chi connectivity index (χ4v) is 1.48. The molecule has 5 nitrogen and oxygen atoms in total. The predicted octanol–water partition coefficient (Wildman–Crippen LogP) is 1.17. The van der Waals surface area contributed by atoms with E-state index < -0.39 is 0 Å². The smallest absolute Gasteiger partial charge is 0.156 e. The third-order valence-corrected chi connectivity index (χ3v) is 2.11. The first-order valence-electron chi connectivity index (χ1n) is 4.68. The molecule has 2 aromatic rings. The quantitative estimate of drug-likeness (QED) is 0.568. The van der Waals surface area contributed by atoms with Crippen molar-refractivity contribution in [3.63, 3.8) is 0 Å². The van der Waals surface area contributed by atoms with E-state index in [0.29, 0.717) is 5.82 Å². The summed E-state index contributed by atoms with van der Waals surface area (Å²) in [5.41, 5.74) is 4.53. The Morgan fingerprint density at radius 1 is 1.33 bits per heavy atom. The van der Waals surface area contributed by atoms with Crippen LogP contribution in [0.5, 0.6) is 0 Å². The number of hydrazine groups is 1. The zero-order chi connectivity index (χ0) is 10.8. The second-order valence-electron chi connectivity index (χ2n) is 3.36. The van der Waals surface area contributed by atoms with Crippen LogP contribution in [0.25, 0.3) is 5.82 Å². The molecule has 2 aromatic heterocycles. The zero-order valence-electron chi connectivity index (χ0n) is 8.73. The van der Waals surface area contributed by atoms with Gasteiger partial charge in [-0.3, -0.25) is 0 Å². The third kappa shape index (κ3) is 1.82. The Kier molecular flexibility index (Phi) is 2.39. The first-order valence-corrected chi connectivity index (χ1v) is 4.68. The van der Waals surface area contributed by atoms with E-state index in [9.17, 15) is 0 Å². The molecular weight excluding hydrogens is 190 g/mol. The van der Waals surface area contributed by atoms with Crippen molar-refractivity contribution in [1.82, 2.24) is 14.8 Å². The number of nitrogens with two attached hydrogens (primary N) is 1. The van der Waals surface area contributed by atoms with Crippen molar-refractivity contribution < 1.29 is 0 Å². The van der Waals surface area contributed by atoms with Crippen LogP contribution in [0, 0.1) is 13.8 Å². The van der Waals surface area contributed by atoms with Gasteiger partial charge in [-0.25, -0.2) is 15.5 Å². The summed E-state index contributed by atoms with van der Waals surface area (Å²) in [5, 5.41) is 4.34. The summed E-state index contributed by atoms with van der Waals surface area (Å²) in [6.07, 6.45) is 0. The van der Waals surface area contributed by atoms with Crippen molar-refractivity contribution in [2.24, 2.45) is 5.84 Å². The maximum atomic E-state index is 5.30. The highest BCUT2D eigenvalue weighted by molar-refractivity contribution is 5.39. The summed E-state index contributed by atoms with van der Waals surface area (Å²) >= 11 is 0. The maximum Gasteiger partial charge on any atom is 0.156 e. The summed E-state index contributed by atoms with van der Waals surface area (Å²) in [6, 6.07) is 7.58. The van der Waals surface area contributed by atoms with Crippen LogP contribution in [-0.2, 0) is 0 Å². The monoisotopic (exact) mass is 203 g/mol. The molecule has 2 rings (SSSR count). The van der Waals surface area contributed by atoms with E-state index in [4.69, 9.17) is 5.84 Å². The molecule has 0 saturated carbocycles. The highest BCUT2D eigenvalue weighted by Gasteiger charge is 2.04. The molecular formula is C10H13N5. The van der Waals surface area contributed by atoms with Crippen molar-refractivity contribution in [1.29, 1.82) is 0 Å². The molecule has 5 heteroatoms. The van der Waals surface area contributed by atoms with Gasteiger partial charge in [-0.15, -0.1) is 0 Å². The summed E-state index contributed by atoms with van der Waals surface area (Å²) in [7, 11) is 0. The van der Waals surface area contributed by atoms with Crippen LogP contribution in [0.3, 0.4) is 0 Å². The van der Waals surface area contributed by atoms with Crippen molar-refractivity contribution in [2.75, 3.05) is 5.43 Å². The Bertz CT molecular complexity index is 474. The lowest BCUT2D eigenvalue weighted by atomic mass is 10.4. The third-order valence-electron chi connectivity index (χ3n) is 2.11. The van der Waals surface area contributed by atoms with E-state index in [1.54, 1.807) is 10.7 Å². The fourth-order valence-electron chi connectivity index (χ4n) is 1.48. The Morgan fingerprint density at radius 3 is 2.73 bits per heavy atom. The van der Waals surface area contributed by atoms with Crippen LogP contribution >= 0.6 is 0 Å². The second-order valence-corrected chi connectivity index (χ2v) is 3.36. The molecule has 0 amide bonds. The lowest BCUT2D eigenvalue weighted by Gasteiger charge is -2.05. The van der Waals surface area contributed by atoms with Gasteiger partial charge < -0.3 is 5.43 Å². The number of hydrogen-bond acceptors (Lipinski definition) is 4. The number of nitrogen functional groups attached to an aromatic ring is 1. The molecule has 0 aliphatic rings. The molecule has 0 saturated heterocycles. The normalized spacial score (nSPS) is 10.3. The summed E-state index contributed by atoms with van der Waals surface area (Å²) in [4.78, 5) is 4.30. The van der Waals surface area contributed by atoms with E-state index in [-0.39, 0.29) is 0 Å². The number of nitrogens with zero attached hydrogens (tertiary/aromatic N) is 3. The zero-order valence-corrected chi connectivity index (χ0v) is 8.73. The molecule has 3 N–H and O–H groups in total. The molecule has 0 aliphatic heterocycles. The topological polar surface area (TPSA) is 68.8 Å². The number of hydrogen-bond donors (Lipinski definition) is 2. The molecule has 0 aromatic carbocycles. The van der Waals surface area contributed by atoms with Gasteiger partial charge in [0.2, 0.25) is 0 Å². The van der Waals surface area contributed by atoms with E-state index in [2.05, 4.69) is 15.5 Å². The van der Waals surface area contributed by atoms with Gasteiger partial charge in [-0.1, -0.05) is 6.07 Å². The minimum Gasteiger partial charge on any atom is -0.308 e. The molecule has 0 radical (unpaired) electrons. The van der Waals surface area contributed by atoms with Gasteiger partial charge in [0, 0.05) is 5.69 Å². The second kappa shape index (κ2) is 3.70. The molecule has 0 atom stereocenters. The molecule has 15 heavy (non-hydrogen) atoms. The summed E-state index contributed by atoms with van der Waals surface area (Å²) in [5.74, 6) is 6.68. The lowest BCUT2D eigenvalue weighted by Crippen LogP contribution is -2.10. The SMILES string of the molecule is Cc1cc(C)n(-c2cccc(NN)n2)n1. The van der Waals surface area contributed by atoms with Crippen LogP contribution in [0.2, 0.25) is 0 Å². The number of aromatic nitrogens is 3. The number of rotatable bonds is 2. The summed E-state index contributed by atoms with van der Waals surface area (Å²) in [6.45, 7) is 3.94. The van der Waals surface area contributed by atoms with Crippen molar-refractivity contribution in [3.05, 3.63) is 35.7 Å². The number of aryl methyl sites for hydroxylation is 2. The average Bonchev–Trinajstić information content (AvgIpc) is 2.58. The van der Waals surface area contributed by atoms with Gasteiger partial charge in [-0.05, 0) is 32.0 Å². The molecule has 78 valence electrons. The summed E-state index contributed by atoms with van der Waals surface area (Å²) < 4.78 is 1.79. The van der Waals surface area contributed by atoms with E-state index in [0.717, 1.165) is 17.2 Å². The highest BCUT2D eigenvalue weighted by atomic mass is 15.3. The Morgan fingerprint density at radius 2 is 2.13 bits per heavy atom. The number of anilines is 1. The average molecular weight is 203 g/mol. The first-order chi connectivity index (χ1) is 7.20. The van der Waals surface area contributed by atoms with Gasteiger partial charge in [-0.2, -0.15) is 5.10 Å². The number of pyridine rings is 1. The Labute approximate surface area is 87.9 Å². The van der Waals surface area contributed by atoms with E-state index in [1.807, 2.05) is 32.0 Å². The Balaban J connectivity index is 2.49. The lowest BCUT2D eigenvalue weighted by molar-refractivity contribution is 0.806. The van der Waals surface area contributed by atoms with Crippen molar-refractivity contribution in [2.45, 2.75) is 13.8 Å². The molecule has 0 bridgehead atoms. The first kappa shape index (κ1) is 9.67. The largest absolute Gasteiger partial charge is 0.308 e. The standard InChI is InChI=1S/C10H13N5/c1-7-6-8(2)15(14-7)10-5-3-4-9(12-10)13-11/h3-6H,11H2,1-2H3,(H,12,13). The molecule has 0 unspecified atom stereocenters. The minimum atomic E-state index is 0.625. The van der Waals surface area contributed by atoms with Crippen molar-refractivity contribution in [3.8, 4) is 5.82 Å². The molecule has 2 heterocycles. The van der Waals surface area contributed by atoms with Gasteiger partial charge in [0.15, 0.2) is 5.82 Å². The van der Waals surface area contributed by atoms with Gasteiger partial charge in [0.05, 0.1) is 5.69 Å². The maximum absolute atomic E-state index is 5.30. The van der Waals surface area contributed by atoms with Crippen LogP contribution in [0.1, 0.15) is 11.4 Å². The number of nitrogens with one attached hydrogen (secondary N) is 1. The molecule has 0 spiro atoms. The van der Waals surface area contributed by atoms with Crippen LogP contribution in [0.4, 0.5) is 5.82 Å². The molecule has 0 aliphatic carbocycles. The fraction of sp³-hybridized carbons (Fsp3) is 0.200. The van der Waals surface area contributed by atoms with Crippen LogP contribution in [0.15, 0.2) is 24.3 Å². The van der Waals surface area contributed by atoms with E-state index >= 15 is 0 Å². The van der Waals surface area contributed by atoms with E-state index in [1.165, 1.54) is 0 Å². The Hall–Kier alpha value is -1.88. The van der Waals surface area contributed by atoms with Crippen molar-refractivity contribution >= 4 is 5.82 Å². The highest BCUT2D eigenvalue weighted by Crippen LogP contribution is 2.11. The van der Waals surface area contributed by atoms with Crippen LogP contribution in [-0.4, -0.2) is 14.8 Å².